The molecular weight excluding hydrogens is 692 g/mol. The average molecular weight is 743 g/mol. The van der Waals surface area contributed by atoms with E-state index < -0.39 is 77.2 Å². The molecule has 2 bridgehead atoms. The number of methoxy groups -OCH3 is 2. The van der Waals surface area contributed by atoms with Gasteiger partial charge < -0.3 is 53.2 Å². The normalized spacial score (nSPS) is 43.3. The van der Waals surface area contributed by atoms with Crippen LogP contribution in [0, 0.1) is 23.7 Å². The second-order valence-corrected chi connectivity index (χ2v) is 16.3. The average Bonchev–Trinajstić information content (AvgIpc) is 3.64. The minimum absolute atomic E-state index is 0.0766. The van der Waals surface area contributed by atoms with E-state index in [4.69, 9.17) is 37.9 Å². The standard InChI is InChI=1S/C43H50O11/c1-24(2)41(45)35(49-21-26-9-7-6-8-10-26)31-20-40-23-51-38(28-13-17-30(48-5)18-14-28)53-39(40)42(46)33(19-25(3)34(42)44)43(31,54-40)32-22-50-37(52-36(32)41)27-11-15-29(47-4)16-12-27/h6-18,25,31-39,44-46H,1,19-23H2,2-5H3/t25-,31-,32+,33+,34-,35+,36+,37+,38+,39+,40+,41+,42+,43-/m0/s1. The summed E-state index contributed by atoms with van der Waals surface area (Å²) in [5.74, 6) is -0.630. The number of hydrogen-bond donors (Lipinski definition) is 3. The summed E-state index contributed by atoms with van der Waals surface area (Å²) in [6.07, 6.45) is -4.77. The van der Waals surface area contributed by atoms with E-state index in [0.29, 0.717) is 29.9 Å². The lowest BCUT2D eigenvalue weighted by atomic mass is 9.53. The van der Waals surface area contributed by atoms with E-state index in [1.54, 1.807) is 14.2 Å². The van der Waals surface area contributed by atoms with Gasteiger partial charge in [-0.25, -0.2) is 0 Å². The Kier molecular flexibility index (Phi) is 8.81. The summed E-state index contributed by atoms with van der Waals surface area (Å²) < 4.78 is 52.0. The maximum atomic E-state index is 13.3. The van der Waals surface area contributed by atoms with Crippen molar-refractivity contribution in [3.8, 4) is 11.5 Å². The lowest BCUT2D eigenvalue weighted by Gasteiger charge is -2.66. The summed E-state index contributed by atoms with van der Waals surface area (Å²) in [5.41, 5.74) is -2.87. The molecule has 14 atom stereocenters. The lowest BCUT2D eigenvalue weighted by Crippen LogP contribution is -2.80. The van der Waals surface area contributed by atoms with E-state index in [0.717, 1.165) is 16.7 Å². The van der Waals surface area contributed by atoms with Crippen molar-refractivity contribution >= 4 is 0 Å². The van der Waals surface area contributed by atoms with Crippen LogP contribution >= 0.6 is 0 Å². The Morgan fingerprint density at radius 3 is 2.09 bits per heavy atom. The first-order chi connectivity index (χ1) is 26.0. The molecule has 11 heteroatoms. The zero-order chi connectivity index (χ0) is 37.6. The molecule has 3 aromatic rings. The van der Waals surface area contributed by atoms with Crippen LogP contribution in [0.4, 0.5) is 0 Å². The zero-order valence-electron chi connectivity index (χ0n) is 31.1. The molecule has 0 unspecified atom stereocenters. The van der Waals surface area contributed by atoms with Gasteiger partial charge in [0.05, 0.1) is 51.8 Å². The van der Waals surface area contributed by atoms with Gasteiger partial charge in [0.1, 0.15) is 40.5 Å². The highest BCUT2D eigenvalue weighted by Gasteiger charge is 2.85. The van der Waals surface area contributed by atoms with Gasteiger partial charge in [-0.2, -0.15) is 0 Å². The fourth-order valence-corrected chi connectivity index (χ4v) is 11.0. The van der Waals surface area contributed by atoms with Crippen molar-refractivity contribution in [1.82, 2.24) is 0 Å². The quantitative estimate of drug-likeness (QED) is 0.269. The summed E-state index contributed by atoms with van der Waals surface area (Å²) in [7, 11) is 3.22. The van der Waals surface area contributed by atoms with E-state index in [-0.39, 0.29) is 25.7 Å². The number of ether oxygens (including phenoxy) is 8. The number of rotatable bonds is 8. The van der Waals surface area contributed by atoms with E-state index in [2.05, 4.69) is 6.58 Å². The lowest BCUT2D eigenvalue weighted by molar-refractivity contribution is -0.420. The molecule has 6 fully saturated rings. The smallest absolute Gasteiger partial charge is 0.184 e. The number of hydrogen-bond acceptors (Lipinski definition) is 11. The summed E-state index contributed by atoms with van der Waals surface area (Å²) >= 11 is 0. The molecule has 4 heterocycles. The summed E-state index contributed by atoms with van der Waals surface area (Å²) in [5, 5.41) is 38.6. The molecular formula is C43H50O11. The van der Waals surface area contributed by atoms with Gasteiger partial charge in [-0.1, -0.05) is 68.1 Å². The van der Waals surface area contributed by atoms with Gasteiger partial charge >= 0.3 is 0 Å². The van der Waals surface area contributed by atoms with Gasteiger partial charge in [0.2, 0.25) is 0 Å². The predicted molar refractivity (Wildman–Crippen MR) is 194 cm³/mol. The third-order valence-electron chi connectivity index (χ3n) is 13.5. The van der Waals surface area contributed by atoms with Crippen LogP contribution < -0.4 is 9.47 Å². The molecule has 0 aromatic heterocycles. The Balaban J connectivity index is 1.17. The highest BCUT2D eigenvalue weighted by atomic mass is 16.7. The molecule has 4 aliphatic heterocycles. The van der Waals surface area contributed by atoms with Crippen molar-refractivity contribution < 1.29 is 53.2 Å². The van der Waals surface area contributed by atoms with E-state index in [1.165, 1.54) is 0 Å². The largest absolute Gasteiger partial charge is 0.497 e. The Labute approximate surface area is 315 Å². The second-order valence-electron chi connectivity index (χ2n) is 16.3. The Morgan fingerprint density at radius 1 is 0.852 bits per heavy atom. The topological polar surface area (TPSA) is 135 Å². The first kappa shape index (κ1) is 36.3. The molecule has 2 aliphatic carbocycles. The molecule has 3 N–H and O–H groups in total. The Morgan fingerprint density at radius 2 is 1.48 bits per heavy atom. The summed E-state index contributed by atoms with van der Waals surface area (Å²) in [6, 6.07) is 24.7. The van der Waals surface area contributed by atoms with Gasteiger partial charge in [-0.05, 0) is 61.1 Å². The molecule has 11 nitrogen and oxygen atoms in total. The van der Waals surface area contributed by atoms with Gasteiger partial charge in [0.25, 0.3) is 0 Å². The van der Waals surface area contributed by atoms with Crippen molar-refractivity contribution in [3.05, 3.63) is 108 Å². The highest BCUT2D eigenvalue weighted by molar-refractivity contribution is 5.38. The maximum absolute atomic E-state index is 13.3. The van der Waals surface area contributed by atoms with E-state index >= 15 is 0 Å². The molecule has 54 heavy (non-hydrogen) atoms. The van der Waals surface area contributed by atoms with Crippen LogP contribution in [0.15, 0.2) is 91.0 Å². The van der Waals surface area contributed by atoms with Crippen molar-refractivity contribution in [3.63, 3.8) is 0 Å². The summed E-state index contributed by atoms with van der Waals surface area (Å²) in [6.45, 7) is 8.54. The predicted octanol–water partition coefficient (Wildman–Crippen LogP) is 5.03. The fraction of sp³-hybridized carbons (Fsp3) is 0.535. The van der Waals surface area contributed by atoms with Crippen LogP contribution in [0.5, 0.6) is 11.5 Å². The number of aliphatic hydroxyl groups excluding tert-OH is 1. The first-order valence-electron chi connectivity index (χ1n) is 19.0. The number of aliphatic hydroxyl groups is 3. The Hall–Kier alpha value is -3.36. The van der Waals surface area contributed by atoms with Gasteiger partial charge in [0, 0.05) is 28.9 Å². The molecule has 0 radical (unpaired) electrons. The minimum atomic E-state index is -1.74. The molecule has 0 amide bonds. The van der Waals surface area contributed by atoms with Crippen LogP contribution in [-0.2, 0) is 35.0 Å². The molecule has 2 spiro atoms. The van der Waals surface area contributed by atoms with Gasteiger partial charge in [-0.15, -0.1) is 0 Å². The van der Waals surface area contributed by atoms with Crippen LogP contribution in [-0.4, -0.2) is 89.6 Å². The van der Waals surface area contributed by atoms with Crippen molar-refractivity contribution in [1.29, 1.82) is 0 Å². The SMILES string of the molecule is C=C(C)[C@]1(O)[C@@H]2O[C@H](c3ccc(OC)cc3)OC[C@H]2[C@]23O[C@@]4(CO[C@@H](c5ccc(OC)cc5)O[C@H]4[C@@]4(O)[C@H]2C[C@H](C)[C@@H]4O)C[C@H]3[C@H]1OCc1ccccc1. The molecule has 2 saturated carbocycles. The van der Waals surface area contributed by atoms with Crippen LogP contribution in [0.3, 0.4) is 0 Å². The molecule has 4 saturated heterocycles. The summed E-state index contributed by atoms with van der Waals surface area (Å²) in [4.78, 5) is 0. The minimum Gasteiger partial charge on any atom is -0.497 e. The number of benzene rings is 3. The van der Waals surface area contributed by atoms with Gasteiger partial charge in [-0.3, -0.25) is 0 Å². The zero-order valence-corrected chi connectivity index (χ0v) is 31.1. The maximum Gasteiger partial charge on any atom is 0.184 e. The van der Waals surface area contributed by atoms with Crippen molar-refractivity contribution in [2.45, 2.75) is 92.7 Å². The monoisotopic (exact) mass is 742 g/mol. The van der Waals surface area contributed by atoms with E-state index in [9.17, 15) is 15.3 Å². The molecule has 3 aromatic carbocycles. The third-order valence-corrected chi connectivity index (χ3v) is 13.5. The van der Waals surface area contributed by atoms with Crippen LogP contribution in [0.25, 0.3) is 0 Å². The van der Waals surface area contributed by atoms with Crippen LogP contribution in [0.2, 0.25) is 0 Å². The molecule has 6 aliphatic rings. The van der Waals surface area contributed by atoms with E-state index in [1.807, 2.05) is 92.7 Å². The second kappa shape index (κ2) is 13.1. The van der Waals surface area contributed by atoms with Crippen LogP contribution in [0.1, 0.15) is 56.0 Å². The van der Waals surface area contributed by atoms with Gasteiger partial charge in [0.15, 0.2) is 12.6 Å². The molecule has 9 rings (SSSR count). The first-order valence-corrected chi connectivity index (χ1v) is 19.0. The van der Waals surface area contributed by atoms with Crippen molar-refractivity contribution in [2.75, 3.05) is 27.4 Å². The molecule has 288 valence electrons. The third kappa shape index (κ3) is 5.06. The van der Waals surface area contributed by atoms with Crippen molar-refractivity contribution in [2.24, 2.45) is 23.7 Å². The highest BCUT2D eigenvalue weighted by Crippen LogP contribution is 2.72. The number of fused-ring (bicyclic) bond motifs is 3. The Bertz CT molecular complexity index is 1860. The fourth-order valence-electron chi connectivity index (χ4n) is 11.0.